The lowest BCUT2D eigenvalue weighted by Crippen LogP contribution is -2.10. The van der Waals surface area contributed by atoms with Gasteiger partial charge in [-0.15, -0.1) is 0 Å². The standard InChI is InChI=1S/C14H15N3O3/c1-2-3-11-4-6-12(7-5-11)14(18)10-16-9-13(8-15-16)17(19)20/h4-9H,2-3,10H2,1H3. The van der Waals surface area contributed by atoms with E-state index in [4.69, 9.17) is 0 Å². The van der Waals surface area contributed by atoms with Gasteiger partial charge in [0.2, 0.25) is 0 Å². The van der Waals surface area contributed by atoms with Crippen molar-refractivity contribution in [3.8, 4) is 0 Å². The van der Waals surface area contributed by atoms with Crippen LogP contribution in [0.5, 0.6) is 0 Å². The quantitative estimate of drug-likeness (QED) is 0.460. The fourth-order valence-electron chi connectivity index (χ4n) is 1.92. The summed E-state index contributed by atoms with van der Waals surface area (Å²) >= 11 is 0. The van der Waals surface area contributed by atoms with Crippen molar-refractivity contribution >= 4 is 11.5 Å². The minimum atomic E-state index is -0.534. The van der Waals surface area contributed by atoms with Gasteiger partial charge in [-0.1, -0.05) is 37.6 Å². The summed E-state index contributed by atoms with van der Waals surface area (Å²) in [4.78, 5) is 22.0. The zero-order valence-electron chi connectivity index (χ0n) is 11.2. The molecule has 0 saturated carbocycles. The highest BCUT2D eigenvalue weighted by atomic mass is 16.6. The smallest absolute Gasteiger partial charge is 0.292 e. The lowest BCUT2D eigenvalue weighted by atomic mass is 10.1. The second-order valence-corrected chi connectivity index (χ2v) is 4.52. The monoisotopic (exact) mass is 273 g/mol. The maximum absolute atomic E-state index is 12.0. The Morgan fingerprint density at radius 1 is 1.35 bits per heavy atom. The van der Waals surface area contributed by atoms with Crippen LogP contribution in [0.25, 0.3) is 0 Å². The molecule has 104 valence electrons. The number of rotatable bonds is 6. The Hall–Kier alpha value is -2.50. The molecule has 1 heterocycles. The largest absolute Gasteiger partial charge is 0.307 e. The van der Waals surface area contributed by atoms with E-state index in [0.717, 1.165) is 19.0 Å². The third kappa shape index (κ3) is 3.28. The normalized spacial score (nSPS) is 10.4. The molecular formula is C14H15N3O3. The molecule has 0 aliphatic heterocycles. The van der Waals surface area contributed by atoms with Crippen molar-refractivity contribution in [1.82, 2.24) is 9.78 Å². The van der Waals surface area contributed by atoms with Crippen LogP contribution in [0.15, 0.2) is 36.7 Å². The van der Waals surface area contributed by atoms with Crippen LogP contribution in [0.3, 0.4) is 0 Å². The number of nitrogens with zero attached hydrogens (tertiary/aromatic N) is 3. The van der Waals surface area contributed by atoms with Crippen molar-refractivity contribution in [3.05, 3.63) is 57.9 Å². The summed E-state index contributed by atoms with van der Waals surface area (Å²) in [5, 5.41) is 14.3. The van der Waals surface area contributed by atoms with Gasteiger partial charge in [0.1, 0.15) is 18.9 Å². The molecule has 20 heavy (non-hydrogen) atoms. The fourth-order valence-corrected chi connectivity index (χ4v) is 1.92. The number of aromatic nitrogens is 2. The number of ketones is 1. The van der Waals surface area contributed by atoms with Crippen LogP contribution in [-0.2, 0) is 13.0 Å². The van der Waals surface area contributed by atoms with Gasteiger partial charge in [0.25, 0.3) is 0 Å². The van der Waals surface area contributed by atoms with Crippen LogP contribution < -0.4 is 0 Å². The summed E-state index contributed by atoms with van der Waals surface area (Å²) in [7, 11) is 0. The van der Waals surface area contributed by atoms with Crippen molar-refractivity contribution in [2.45, 2.75) is 26.3 Å². The van der Waals surface area contributed by atoms with E-state index in [-0.39, 0.29) is 18.0 Å². The minimum absolute atomic E-state index is 0.000957. The molecule has 0 fully saturated rings. The lowest BCUT2D eigenvalue weighted by molar-refractivity contribution is -0.385. The highest BCUT2D eigenvalue weighted by Crippen LogP contribution is 2.11. The summed E-state index contributed by atoms with van der Waals surface area (Å²) in [5.74, 6) is -0.119. The van der Waals surface area contributed by atoms with Crippen LogP contribution in [0.4, 0.5) is 5.69 Å². The molecular weight excluding hydrogens is 258 g/mol. The van der Waals surface area contributed by atoms with E-state index in [9.17, 15) is 14.9 Å². The highest BCUT2D eigenvalue weighted by molar-refractivity contribution is 5.95. The Morgan fingerprint density at radius 2 is 2.05 bits per heavy atom. The Morgan fingerprint density at radius 3 is 2.60 bits per heavy atom. The molecule has 6 nitrogen and oxygen atoms in total. The maximum atomic E-state index is 12.0. The SMILES string of the molecule is CCCc1ccc(C(=O)Cn2cc([N+](=O)[O-])cn2)cc1. The molecule has 0 bridgehead atoms. The number of Topliss-reactive ketones (excluding diaryl/α,β-unsaturated/α-hetero) is 1. The predicted octanol–water partition coefficient (Wildman–Crippen LogP) is 2.63. The lowest BCUT2D eigenvalue weighted by Gasteiger charge is -2.03. The Balaban J connectivity index is 2.05. The molecule has 0 unspecified atom stereocenters. The molecule has 0 N–H and O–H groups in total. The third-order valence-electron chi connectivity index (χ3n) is 2.95. The van der Waals surface area contributed by atoms with E-state index in [0.29, 0.717) is 5.56 Å². The van der Waals surface area contributed by atoms with Crippen molar-refractivity contribution in [1.29, 1.82) is 0 Å². The first-order valence-electron chi connectivity index (χ1n) is 6.39. The molecule has 0 aliphatic carbocycles. The Kier molecular flexibility index (Phi) is 4.24. The van der Waals surface area contributed by atoms with E-state index in [1.807, 2.05) is 12.1 Å². The van der Waals surface area contributed by atoms with Gasteiger partial charge in [0.15, 0.2) is 5.78 Å². The number of carbonyl (C=O) groups is 1. The molecule has 0 aliphatic rings. The second kappa shape index (κ2) is 6.10. The van der Waals surface area contributed by atoms with Gasteiger partial charge in [-0.25, -0.2) is 0 Å². The van der Waals surface area contributed by atoms with E-state index in [1.54, 1.807) is 12.1 Å². The zero-order valence-corrected chi connectivity index (χ0v) is 11.2. The molecule has 2 aromatic rings. The number of hydrogen-bond acceptors (Lipinski definition) is 4. The first-order chi connectivity index (χ1) is 9.60. The van der Waals surface area contributed by atoms with Gasteiger partial charge in [-0.05, 0) is 12.0 Å². The molecule has 6 heteroatoms. The molecule has 0 amide bonds. The second-order valence-electron chi connectivity index (χ2n) is 4.52. The van der Waals surface area contributed by atoms with Crippen molar-refractivity contribution in [2.75, 3.05) is 0 Å². The van der Waals surface area contributed by atoms with Gasteiger partial charge < -0.3 is 0 Å². The van der Waals surface area contributed by atoms with E-state index in [2.05, 4.69) is 12.0 Å². The van der Waals surface area contributed by atoms with Crippen molar-refractivity contribution in [2.24, 2.45) is 0 Å². The zero-order chi connectivity index (χ0) is 14.5. The molecule has 0 atom stereocenters. The summed E-state index contributed by atoms with van der Waals surface area (Å²) in [6.07, 6.45) is 4.44. The average Bonchev–Trinajstić information content (AvgIpc) is 2.88. The summed E-state index contributed by atoms with van der Waals surface area (Å²) in [5.41, 5.74) is 1.66. The first kappa shape index (κ1) is 13.9. The molecule has 0 saturated heterocycles. The average molecular weight is 273 g/mol. The topological polar surface area (TPSA) is 78.0 Å². The van der Waals surface area contributed by atoms with Gasteiger partial charge in [-0.3, -0.25) is 19.6 Å². The van der Waals surface area contributed by atoms with E-state index in [1.165, 1.54) is 16.4 Å². The highest BCUT2D eigenvalue weighted by Gasteiger charge is 2.12. The maximum Gasteiger partial charge on any atom is 0.307 e. The fraction of sp³-hybridized carbons (Fsp3) is 0.286. The number of aryl methyl sites for hydroxylation is 1. The van der Waals surface area contributed by atoms with Crippen molar-refractivity contribution < 1.29 is 9.72 Å². The number of carbonyl (C=O) groups excluding carboxylic acids is 1. The Labute approximate surface area is 116 Å². The van der Waals surface area contributed by atoms with Gasteiger partial charge >= 0.3 is 5.69 Å². The molecule has 2 rings (SSSR count). The Bertz CT molecular complexity index is 617. The van der Waals surface area contributed by atoms with E-state index >= 15 is 0 Å². The van der Waals surface area contributed by atoms with E-state index < -0.39 is 4.92 Å². The molecule has 0 radical (unpaired) electrons. The van der Waals surface area contributed by atoms with Crippen LogP contribution >= 0.6 is 0 Å². The number of hydrogen-bond donors (Lipinski definition) is 0. The van der Waals surface area contributed by atoms with Gasteiger partial charge in [-0.2, -0.15) is 5.10 Å². The van der Waals surface area contributed by atoms with Crippen LogP contribution in [-0.4, -0.2) is 20.5 Å². The minimum Gasteiger partial charge on any atom is -0.292 e. The number of nitro groups is 1. The first-order valence-corrected chi connectivity index (χ1v) is 6.39. The summed E-state index contributed by atoms with van der Waals surface area (Å²) in [6, 6.07) is 7.43. The predicted molar refractivity (Wildman–Crippen MR) is 73.6 cm³/mol. The van der Waals surface area contributed by atoms with Crippen molar-refractivity contribution in [3.63, 3.8) is 0 Å². The van der Waals surface area contributed by atoms with Crippen LogP contribution in [0.2, 0.25) is 0 Å². The molecule has 0 spiro atoms. The molecule has 1 aromatic carbocycles. The summed E-state index contributed by atoms with van der Waals surface area (Å²) in [6.45, 7) is 2.10. The van der Waals surface area contributed by atoms with Crippen LogP contribution in [0, 0.1) is 10.1 Å². The van der Waals surface area contributed by atoms with Crippen LogP contribution in [0.1, 0.15) is 29.3 Å². The van der Waals surface area contributed by atoms with Gasteiger partial charge in [0, 0.05) is 5.56 Å². The summed E-state index contributed by atoms with van der Waals surface area (Å²) < 4.78 is 1.28. The molecule has 1 aromatic heterocycles. The third-order valence-corrected chi connectivity index (χ3v) is 2.95. The van der Waals surface area contributed by atoms with Gasteiger partial charge in [0.05, 0.1) is 4.92 Å². The number of benzene rings is 1.